The molecule has 1 N–H and O–H groups in total. The normalized spacial score (nSPS) is 19.1. The third-order valence-electron chi connectivity index (χ3n) is 9.48. The van der Waals surface area contributed by atoms with Gasteiger partial charge >= 0.3 is 0 Å². The minimum Gasteiger partial charge on any atom is -0.347 e. The van der Waals surface area contributed by atoms with Crippen LogP contribution in [-0.2, 0) is 0 Å². The van der Waals surface area contributed by atoms with Crippen LogP contribution in [0.3, 0.4) is 0 Å². The first-order valence-electron chi connectivity index (χ1n) is 15.1. The van der Waals surface area contributed by atoms with Crippen LogP contribution < -0.4 is 0 Å². The summed E-state index contributed by atoms with van der Waals surface area (Å²) in [5, 5.41) is 2.56. The summed E-state index contributed by atoms with van der Waals surface area (Å²) in [6.45, 7) is 12.8. The number of H-pyrrole nitrogens is 1. The van der Waals surface area contributed by atoms with Crippen LogP contribution in [0.15, 0.2) is 120 Å². The summed E-state index contributed by atoms with van der Waals surface area (Å²) in [5.74, 6) is 1.14. The van der Waals surface area contributed by atoms with Crippen LogP contribution in [-0.4, -0.2) is 14.5 Å². The predicted octanol–water partition coefficient (Wildman–Crippen LogP) is 10.1. The predicted molar refractivity (Wildman–Crippen MR) is 178 cm³/mol. The molecule has 4 aromatic carbocycles. The smallest absolute Gasteiger partial charge is 0.231 e. The number of benzene rings is 4. The van der Waals surface area contributed by atoms with Gasteiger partial charge in [0.15, 0.2) is 0 Å². The van der Waals surface area contributed by atoms with Crippen molar-refractivity contribution in [2.75, 3.05) is 0 Å². The summed E-state index contributed by atoms with van der Waals surface area (Å²) in [6.07, 6.45) is 7.71. The largest absolute Gasteiger partial charge is 0.347 e. The summed E-state index contributed by atoms with van der Waals surface area (Å²) in [5.41, 5.74) is 11.2. The van der Waals surface area contributed by atoms with Gasteiger partial charge in [0.25, 0.3) is 0 Å². The highest BCUT2D eigenvalue weighted by Gasteiger charge is 2.38. The molecule has 8 rings (SSSR count). The van der Waals surface area contributed by atoms with Crippen molar-refractivity contribution in [1.82, 2.24) is 14.5 Å². The van der Waals surface area contributed by atoms with Crippen LogP contribution >= 0.6 is 0 Å². The zero-order valence-electron chi connectivity index (χ0n) is 24.4. The van der Waals surface area contributed by atoms with Crippen molar-refractivity contribution in [2.24, 2.45) is 11.3 Å². The van der Waals surface area contributed by atoms with E-state index in [9.17, 15) is 0 Å². The average molecular weight is 557 g/mol. The van der Waals surface area contributed by atoms with E-state index in [-0.39, 0.29) is 5.41 Å². The highest BCUT2D eigenvalue weighted by Crippen LogP contribution is 2.51. The molecule has 1 unspecified atom stereocenters. The molecule has 208 valence electrons. The van der Waals surface area contributed by atoms with Gasteiger partial charge in [0, 0.05) is 16.5 Å². The van der Waals surface area contributed by atoms with Crippen molar-refractivity contribution in [2.45, 2.75) is 33.1 Å². The molecule has 0 radical (unpaired) electrons. The van der Waals surface area contributed by atoms with E-state index in [2.05, 4.69) is 113 Å². The zero-order chi connectivity index (χ0) is 29.1. The maximum absolute atomic E-state index is 8.08. The lowest BCUT2D eigenvalue weighted by Crippen LogP contribution is -2.31. The van der Waals surface area contributed by atoms with Gasteiger partial charge in [-0.05, 0) is 89.3 Å². The van der Waals surface area contributed by atoms with Crippen molar-refractivity contribution in [3.05, 3.63) is 143 Å². The molecular formula is C39H32N4. The monoisotopic (exact) mass is 556 g/mol. The maximum atomic E-state index is 8.08. The quantitative estimate of drug-likeness (QED) is 0.216. The molecule has 2 aliphatic rings. The highest BCUT2D eigenvalue weighted by atomic mass is 15.0. The van der Waals surface area contributed by atoms with Gasteiger partial charge in [-0.25, -0.2) is 9.83 Å². The number of nitrogens with one attached hydrogen (secondary N) is 1. The number of aromatic nitrogens is 3. The number of allylic oxidation sites excluding steroid dienone is 5. The van der Waals surface area contributed by atoms with Gasteiger partial charge in [-0.3, -0.25) is 0 Å². The van der Waals surface area contributed by atoms with Gasteiger partial charge in [-0.15, -0.1) is 0 Å². The maximum Gasteiger partial charge on any atom is 0.231 e. The van der Waals surface area contributed by atoms with Crippen molar-refractivity contribution < 1.29 is 0 Å². The fourth-order valence-electron chi connectivity index (χ4n) is 7.44. The summed E-state index contributed by atoms with van der Waals surface area (Å²) in [6, 6.07) is 34.3. The Morgan fingerprint density at radius 1 is 0.860 bits per heavy atom. The minimum atomic E-state index is 0.0593. The molecule has 4 nitrogen and oxygen atoms in total. The lowest BCUT2D eigenvalue weighted by molar-refractivity contribution is 0.228. The molecule has 2 heterocycles. The van der Waals surface area contributed by atoms with Crippen LogP contribution in [0.25, 0.3) is 54.6 Å². The Balaban J connectivity index is 1.19. The van der Waals surface area contributed by atoms with Crippen molar-refractivity contribution in [3.63, 3.8) is 0 Å². The molecule has 0 fully saturated rings. The molecule has 2 aliphatic carbocycles. The Bertz CT molecular complexity index is 2110. The first kappa shape index (κ1) is 25.6. The lowest BCUT2D eigenvalue weighted by Gasteiger charge is -2.42. The summed E-state index contributed by atoms with van der Waals surface area (Å²) < 4.78 is 2.37. The third-order valence-corrected chi connectivity index (χ3v) is 9.48. The minimum absolute atomic E-state index is 0.0593. The number of imidazole rings is 1. The van der Waals surface area contributed by atoms with E-state index in [1.165, 1.54) is 44.2 Å². The molecule has 6 aromatic rings. The molecule has 0 saturated carbocycles. The van der Waals surface area contributed by atoms with Gasteiger partial charge < -0.3 is 9.55 Å². The molecule has 0 spiro atoms. The van der Waals surface area contributed by atoms with E-state index in [1.54, 1.807) is 0 Å². The van der Waals surface area contributed by atoms with E-state index >= 15 is 0 Å². The van der Waals surface area contributed by atoms with Gasteiger partial charge in [0.2, 0.25) is 5.70 Å². The van der Waals surface area contributed by atoms with Crippen LogP contribution in [0.5, 0.6) is 0 Å². The van der Waals surface area contributed by atoms with Crippen LogP contribution in [0.4, 0.5) is 0 Å². The number of nitrogens with zero attached hydrogens (tertiary/aromatic N) is 3. The zero-order valence-corrected chi connectivity index (χ0v) is 24.4. The molecule has 4 heteroatoms. The van der Waals surface area contributed by atoms with Crippen LogP contribution in [0, 0.1) is 17.9 Å². The first-order chi connectivity index (χ1) is 21.0. The van der Waals surface area contributed by atoms with Gasteiger partial charge in [0.05, 0.1) is 28.6 Å². The average Bonchev–Trinajstić information content (AvgIpc) is 3.60. The molecule has 0 bridgehead atoms. The van der Waals surface area contributed by atoms with E-state index in [1.807, 2.05) is 24.3 Å². The van der Waals surface area contributed by atoms with Gasteiger partial charge in [-0.2, -0.15) is 0 Å². The molecular weight excluding hydrogens is 524 g/mol. The van der Waals surface area contributed by atoms with Gasteiger partial charge in [-0.1, -0.05) is 86.7 Å². The summed E-state index contributed by atoms with van der Waals surface area (Å²) in [4.78, 5) is 12.2. The number of aromatic amines is 1. The molecule has 0 saturated heterocycles. The molecule has 0 aliphatic heterocycles. The van der Waals surface area contributed by atoms with Crippen molar-refractivity contribution in [3.8, 4) is 5.69 Å². The Hall–Kier alpha value is -5.14. The lowest BCUT2D eigenvalue weighted by atomic mass is 9.62. The van der Waals surface area contributed by atoms with E-state index in [0.717, 1.165) is 35.9 Å². The number of fused-ring (bicyclic) bond motifs is 5. The molecule has 0 amide bonds. The Morgan fingerprint density at radius 2 is 1.53 bits per heavy atom. The van der Waals surface area contributed by atoms with E-state index in [0.29, 0.717) is 17.4 Å². The SMILES string of the molecule is [C-]#[N+]C(=C1C=C2C=C(c3ccc(-n4c5ccccc5c5ccccc54)cc3)CCC2C(C)(C)C1)c1nc2ccccc2[nH]1. The van der Waals surface area contributed by atoms with Crippen LogP contribution in [0.1, 0.15) is 44.5 Å². The van der Waals surface area contributed by atoms with E-state index < -0.39 is 0 Å². The van der Waals surface area contributed by atoms with Crippen molar-refractivity contribution >= 4 is 44.1 Å². The molecule has 1 atom stereocenters. The standard InChI is InChI=1S/C39H32N4/c1-39(2)24-28(37(40-3)38-41-33-12-6-7-13-34(33)42-38)23-27-22-26(18-21-32(27)39)25-16-19-29(20-17-25)43-35-14-8-4-10-30(35)31-11-5-9-15-36(31)43/h4-17,19-20,22-23,32H,18,21,24H2,1-2H3,(H,41,42). The van der Waals surface area contributed by atoms with Crippen molar-refractivity contribution in [1.29, 1.82) is 0 Å². The fraction of sp³-hybridized carbons (Fsp3) is 0.179. The van der Waals surface area contributed by atoms with Gasteiger partial charge in [0.1, 0.15) is 5.82 Å². The number of hydrogen-bond donors (Lipinski definition) is 1. The van der Waals surface area contributed by atoms with E-state index in [4.69, 9.17) is 11.6 Å². The third kappa shape index (κ3) is 4.15. The second-order valence-corrected chi connectivity index (χ2v) is 12.6. The second-order valence-electron chi connectivity index (χ2n) is 12.6. The Kier molecular flexibility index (Phi) is 5.77. The molecule has 2 aromatic heterocycles. The molecule has 43 heavy (non-hydrogen) atoms. The number of rotatable bonds is 3. The Morgan fingerprint density at radius 3 is 2.23 bits per heavy atom. The topological polar surface area (TPSA) is 38.0 Å². The Labute approximate surface area is 251 Å². The number of hydrogen-bond acceptors (Lipinski definition) is 1. The van der Waals surface area contributed by atoms with Crippen LogP contribution in [0.2, 0.25) is 0 Å². The summed E-state index contributed by atoms with van der Waals surface area (Å²) in [7, 11) is 0. The summed E-state index contributed by atoms with van der Waals surface area (Å²) >= 11 is 0. The fourth-order valence-corrected chi connectivity index (χ4v) is 7.44. The number of para-hydroxylation sites is 4. The highest BCUT2D eigenvalue weighted by molar-refractivity contribution is 6.09. The second kappa shape index (κ2) is 9.71. The first-order valence-corrected chi connectivity index (χ1v) is 15.1.